The van der Waals surface area contributed by atoms with Crippen LogP contribution >= 0.6 is 23.8 Å². The number of nitrogens with one attached hydrogen (secondary N) is 2. The molecule has 2 heterocycles. The third-order valence-electron chi connectivity index (χ3n) is 4.76. The van der Waals surface area contributed by atoms with E-state index in [2.05, 4.69) is 10.6 Å². The van der Waals surface area contributed by atoms with Crippen molar-refractivity contribution in [3.05, 3.63) is 83.0 Å². The van der Waals surface area contributed by atoms with Crippen LogP contribution in [-0.4, -0.2) is 25.7 Å². The van der Waals surface area contributed by atoms with Crippen molar-refractivity contribution >= 4 is 51.6 Å². The number of furan rings is 1. The molecule has 0 saturated carbocycles. The van der Waals surface area contributed by atoms with Gasteiger partial charge in [-0.15, -0.1) is 0 Å². The standard InChI is InChI=1S/C22H19ClN4O3S/c1-13(24-22(31)25-16-7-5-15(23)6-8-16)20-26-18-11-14(21(28)29)4-9-19(18)27(20)12-17-3-2-10-30-17/h2-11,13H,12H2,1H3,(H,28,29)(H2,24,25,31)/t13-/m0/s1. The van der Waals surface area contributed by atoms with Crippen LogP contribution in [0.15, 0.2) is 65.3 Å². The molecule has 158 valence electrons. The largest absolute Gasteiger partial charge is 0.478 e. The molecule has 0 fully saturated rings. The van der Waals surface area contributed by atoms with Crippen LogP contribution < -0.4 is 10.6 Å². The van der Waals surface area contributed by atoms with Gasteiger partial charge in [-0.05, 0) is 73.7 Å². The number of aromatic carboxylic acids is 1. The van der Waals surface area contributed by atoms with Crippen molar-refractivity contribution < 1.29 is 14.3 Å². The SMILES string of the molecule is C[C@H](NC(=S)Nc1ccc(Cl)cc1)c1nc2cc(C(=O)O)ccc2n1Cc1ccco1. The Balaban J connectivity index is 1.63. The lowest BCUT2D eigenvalue weighted by molar-refractivity contribution is 0.0697. The zero-order chi connectivity index (χ0) is 22.0. The maximum absolute atomic E-state index is 11.4. The molecule has 0 unspecified atom stereocenters. The Morgan fingerprint density at radius 2 is 2.03 bits per heavy atom. The third-order valence-corrected chi connectivity index (χ3v) is 5.23. The average molecular weight is 455 g/mol. The van der Waals surface area contributed by atoms with Gasteiger partial charge in [0.1, 0.15) is 11.6 Å². The minimum atomic E-state index is -0.997. The van der Waals surface area contributed by atoms with E-state index in [0.717, 1.165) is 17.0 Å². The molecule has 9 heteroatoms. The van der Waals surface area contributed by atoms with Gasteiger partial charge < -0.3 is 24.7 Å². The third kappa shape index (κ3) is 4.70. The number of hydrogen-bond acceptors (Lipinski definition) is 4. The topological polar surface area (TPSA) is 92.3 Å². The second kappa shape index (κ2) is 8.79. The fourth-order valence-electron chi connectivity index (χ4n) is 3.30. The number of thiocarbonyl (C=S) groups is 1. The molecular weight excluding hydrogens is 436 g/mol. The summed E-state index contributed by atoms with van der Waals surface area (Å²) in [6.45, 7) is 2.39. The van der Waals surface area contributed by atoms with E-state index < -0.39 is 5.97 Å². The summed E-state index contributed by atoms with van der Waals surface area (Å²) >= 11 is 11.4. The first-order valence-corrected chi connectivity index (χ1v) is 10.3. The van der Waals surface area contributed by atoms with Gasteiger partial charge in [-0.2, -0.15) is 0 Å². The average Bonchev–Trinajstić information content (AvgIpc) is 3.37. The van der Waals surface area contributed by atoms with E-state index >= 15 is 0 Å². The lowest BCUT2D eigenvalue weighted by Gasteiger charge is -2.18. The van der Waals surface area contributed by atoms with Gasteiger partial charge >= 0.3 is 5.97 Å². The Morgan fingerprint density at radius 3 is 2.71 bits per heavy atom. The molecule has 0 amide bonds. The van der Waals surface area contributed by atoms with Crippen LogP contribution in [0, 0.1) is 0 Å². The molecule has 7 nitrogen and oxygen atoms in total. The van der Waals surface area contributed by atoms with Crippen molar-refractivity contribution in [1.29, 1.82) is 0 Å². The lowest BCUT2D eigenvalue weighted by Crippen LogP contribution is -2.32. The fourth-order valence-corrected chi connectivity index (χ4v) is 3.72. The van der Waals surface area contributed by atoms with Gasteiger partial charge in [0, 0.05) is 10.7 Å². The highest BCUT2D eigenvalue weighted by atomic mass is 35.5. The number of carbonyl (C=O) groups is 1. The molecule has 4 rings (SSSR count). The van der Waals surface area contributed by atoms with Gasteiger partial charge in [-0.3, -0.25) is 0 Å². The van der Waals surface area contributed by atoms with Gasteiger partial charge in [0.05, 0.1) is 35.4 Å². The molecule has 31 heavy (non-hydrogen) atoms. The predicted octanol–water partition coefficient (Wildman–Crippen LogP) is 5.08. The van der Waals surface area contributed by atoms with Crippen LogP contribution in [0.1, 0.15) is 34.9 Å². The van der Waals surface area contributed by atoms with Crippen LogP contribution in [0.2, 0.25) is 5.02 Å². The first kappa shape index (κ1) is 20.9. The summed E-state index contributed by atoms with van der Waals surface area (Å²) in [6.07, 6.45) is 1.61. The number of carboxylic acid groups (broad SMARTS) is 1. The van der Waals surface area contributed by atoms with Crippen molar-refractivity contribution in [3.8, 4) is 0 Å². The van der Waals surface area contributed by atoms with Gasteiger partial charge in [-0.25, -0.2) is 9.78 Å². The summed E-state index contributed by atoms with van der Waals surface area (Å²) in [5.41, 5.74) is 2.39. The second-order valence-electron chi connectivity index (χ2n) is 6.97. The number of carboxylic acids is 1. The molecule has 0 radical (unpaired) electrons. The molecule has 3 N–H and O–H groups in total. The number of rotatable bonds is 6. The monoisotopic (exact) mass is 454 g/mol. The normalized spacial score (nSPS) is 11.9. The summed E-state index contributed by atoms with van der Waals surface area (Å²) in [7, 11) is 0. The second-order valence-corrected chi connectivity index (χ2v) is 7.82. The van der Waals surface area contributed by atoms with Crippen LogP contribution in [0.3, 0.4) is 0 Å². The number of anilines is 1. The van der Waals surface area contributed by atoms with Gasteiger partial charge in [0.15, 0.2) is 5.11 Å². The number of fused-ring (bicyclic) bond motifs is 1. The summed E-state index contributed by atoms with van der Waals surface area (Å²) in [5, 5.41) is 16.7. The molecule has 2 aromatic heterocycles. The van der Waals surface area contributed by atoms with Crippen molar-refractivity contribution in [1.82, 2.24) is 14.9 Å². The minimum Gasteiger partial charge on any atom is -0.478 e. The Bertz CT molecular complexity index is 1240. The molecule has 0 aliphatic carbocycles. The highest BCUT2D eigenvalue weighted by Gasteiger charge is 2.19. The van der Waals surface area contributed by atoms with E-state index in [-0.39, 0.29) is 11.6 Å². The van der Waals surface area contributed by atoms with Crippen LogP contribution in [0.25, 0.3) is 11.0 Å². The van der Waals surface area contributed by atoms with Crippen molar-refractivity contribution in [2.24, 2.45) is 0 Å². The quantitative estimate of drug-likeness (QED) is 0.350. The van der Waals surface area contributed by atoms with Gasteiger partial charge in [-0.1, -0.05) is 11.6 Å². The molecule has 4 aromatic rings. The zero-order valence-electron chi connectivity index (χ0n) is 16.5. The molecule has 0 aliphatic rings. The molecule has 0 bridgehead atoms. The smallest absolute Gasteiger partial charge is 0.335 e. The van der Waals surface area contributed by atoms with Crippen molar-refractivity contribution in [2.75, 3.05) is 5.32 Å². The van der Waals surface area contributed by atoms with E-state index in [9.17, 15) is 9.90 Å². The molecule has 1 atom stereocenters. The van der Waals surface area contributed by atoms with Gasteiger partial charge in [0.2, 0.25) is 0 Å². The minimum absolute atomic E-state index is 0.183. The van der Waals surface area contributed by atoms with Crippen LogP contribution in [0.5, 0.6) is 0 Å². The Morgan fingerprint density at radius 1 is 1.26 bits per heavy atom. The number of benzene rings is 2. The Labute approximate surface area is 188 Å². The number of nitrogens with zero attached hydrogens (tertiary/aromatic N) is 2. The predicted molar refractivity (Wildman–Crippen MR) is 124 cm³/mol. The summed E-state index contributed by atoms with van der Waals surface area (Å²) in [5.74, 6) is 0.467. The van der Waals surface area contributed by atoms with Gasteiger partial charge in [0.25, 0.3) is 0 Å². The number of aromatic nitrogens is 2. The van der Waals surface area contributed by atoms with E-state index in [4.69, 9.17) is 33.2 Å². The zero-order valence-corrected chi connectivity index (χ0v) is 18.1. The molecule has 0 saturated heterocycles. The number of halogens is 1. The van der Waals surface area contributed by atoms with Crippen molar-refractivity contribution in [2.45, 2.75) is 19.5 Å². The molecular formula is C22H19ClN4O3S. The summed E-state index contributed by atoms with van der Waals surface area (Å²) in [6, 6.07) is 15.6. The van der Waals surface area contributed by atoms with Crippen LogP contribution in [-0.2, 0) is 6.54 Å². The maximum Gasteiger partial charge on any atom is 0.335 e. The Hall–Kier alpha value is -3.36. The van der Waals surface area contributed by atoms with E-state index in [1.165, 1.54) is 0 Å². The summed E-state index contributed by atoms with van der Waals surface area (Å²) < 4.78 is 7.50. The lowest BCUT2D eigenvalue weighted by atomic mass is 10.2. The van der Waals surface area contributed by atoms with E-state index in [1.54, 1.807) is 36.6 Å². The molecule has 2 aromatic carbocycles. The van der Waals surface area contributed by atoms with E-state index in [1.807, 2.05) is 35.8 Å². The first-order valence-electron chi connectivity index (χ1n) is 9.49. The number of hydrogen-bond donors (Lipinski definition) is 3. The fraction of sp³-hybridized carbons (Fsp3) is 0.136. The van der Waals surface area contributed by atoms with Crippen molar-refractivity contribution in [3.63, 3.8) is 0 Å². The van der Waals surface area contributed by atoms with E-state index in [0.29, 0.717) is 28.0 Å². The highest BCUT2D eigenvalue weighted by molar-refractivity contribution is 7.80. The molecule has 0 spiro atoms. The summed E-state index contributed by atoms with van der Waals surface area (Å²) in [4.78, 5) is 16.1. The molecule has 0 aliphatic heterocycles. The maximum atomic E-state index is 11.4. The number of imidazole rings is 1. The Kier molecular flexibility index (Phi) is 5.92. The highest BCUT2D eigenvalue weighted by Crippen LogP contribution is 2.24. The first-order chi connectivity index (χ1) is 14.9. The van der Waals surface area contributed by atoms with Crippen LogP contribution in [0.4, 0.5) is 5.69 Å².